The van der Waals surface area contributed by atoms with Gasteiger partial charge in [-0.1, -0.05) is 58.3 Å². The van der Waals surface area contributed by atoms with Gasteiger partial charge in [-0.05, 0) is 37.0 Å². The molecule has 0 heterocycles. The Bertz CT molecular complexity index is 206. The lowest BCUT2D eigenvalue weighted by atomic mass is 9.77. The second-order valence-electron chi connectivity index (χ2n) is 6.69. The molecule has 1 heteroatoms. The minimum atomic E-state index is 0.000787. The average molecular weight is 238 g/mol. The molecule has 2 aliphatic rings. The zero-order valence-corrected chi connectivity index (χ0v) is 11.5. The lowest BCUT2D eigenvalue weighted by Crippen LogP contribution is -2.27. The molecule has 0 amide bonds. The summed E-state index contributed by atoms with van der Waals surface area (Å²) in [5, 5.41) is 10.4. The predicted octanol–water partition coefficient (Wildman–Crippen LogP) is 4.53. The van der Waals surface area contributed by atoms with Crippen LogP contribution in [-0.4, -0.2) is 11.2 Å². The van der Waals surface area contributed by atoms with Gasteiger partial charge in [-0.2, -0.15) is 0 Å². The molecule has 3 atom stereocenters. The summed E-state index contributed by atoms with van der Waals surface area (Å²) >= 11 is 0. The van der Waals surface area contributed by atoms with Crippen LogP contribution in [0, 0.1) is 17.8 Å². The molecule has 0 aromatic rings. The highest BCUT2D eigenvalue weighted by molar-refractivity contribution is 4.79. The normalized spacial score (nSPS) is 34.2. The van der Waals surface area contributed by atoms with E-state index in [0.29, 0.717) is 5.92 Å². The van der Waals surface area contributed by atoms with Crippen molar-refractivity contribution in [2.45, 2.75) is 83.7 Å². The molecule has 2 saturated carbocycles. The first-order valence-corrected chi connectivity index (χ1v) is 7.93. The van der Waals surface area contributed by atoms with Gasteiger partial charge >= 0.3 is 0 Å². The van der Waals surface area contributed by atoms with E-state index in [-0.39, 0.29) is 6.10 Å². The van der Waals surface area contributed by atoms with Gasteiger partial charge in [0.15, 0.2) is 0 Å². The Morgan fingerprint density at radius 3 is 2.29 bits per heavy atom. The van der Waals surface area contributed by atoms with Gasteiger partial charge in [-0.25, -0.2) is 0 Å². The van der Waals surface area contributed by atoms with Crippen molar-refractivity contribution in [2.24, 2.45) is 17.8 Å². The van der Waals surface area contributed by atoms with Crippen molar-refractivity contribution in [1.82, 2.24) is 0 Å². The van der Waals surface area contributed by atoms with E-state index in [0.717, 1.165) is 18.3 Å². The average Bonchev–Trinajstić information content (AvgIpc) is 2.57. The molecule has 3 unspecified atom stereocenters. The standard InChI is InChI=1S/C16H30O/c1-13-7-6-10-15(11-13)16(17)12-14-8-4-2-3-5-9-14/h13-17H,2-12H2,1H3. The molecule has 1 nitrogen and oxygen atoms in total. The summed E-state index contributed by atoms with van der Waals surface area (Å²) in [5.74, 6) is 2.28. The third kappa shape index (κ3) is 4.28. The molecule has 0 radical (unpaired) electrons. The van der Waals surface area contributed by atoms with E-state index < -0.39 is 0 Å². The third-order valence-corrected chi connectivity index (χ3v) is 5.07. The SMILES string of the molecule is CC1CCCC(C(O)CC2CCCCCC2)C1. The first-order chi connectivity index (χ1) is 8.25. The van der Waals surface area contributed by atoms with E-state index in [1.807, 2.05) is 0 Å². The fraction of sp³-hybridized carbons (Fsp3) is 1.00. The van der Waals surface area contributed by atoms with Gasteiger partial charge in [0.1, 0.15) is 0 Å². The maximum absolute atomic E-state index is 10.4. The van der Waals surface area contributed by atoms with E-state index in [9.17, 15) is 5.11 Å². The van der Waals surface area contributed by atoms with E-state index in [4.69, 9.17) is 0 Å². The Hall–Kier alpha value is -0.0400. The molecule has 0 aromatic carbocycles. The molecule has 0 aliphatic heterocycles. The number of aliphatic hydroxyl groups excluding tert-OH is 1. The molecule has 2 fully saturated rings. The largest absolute Gasteiger partial charge is 0.393 e. The van der Waals surface area contributed by atoms with Gasteiger partial charge in [-0.3, -0.25) is 0 Å². The summed E-state index contributed by atoms with van der Waals surface area (Å²) in [4.78, 5) is 0. The van der Waals surface area contributed by atoms with Crippen molar-refractivity contribution in [3.05, 3.63) is 0 Å². The lowest BCUT2D eigenvalue weighted by Gasteiger charge is -2.32. The zero-order chi connectivity index (χ0) is 12.1. The highest BCUT2D eigenvalue weighted by Crippen LogP contribution is 2.35. The Kier molecular flexibility index (Phi) is 5.34. The van der Waals surface area contributed by atoms with Crippen LogP contribution in [0.4, 0.5) is 0 Å². The minimum Gasteiger partial charge on any atom is -0.393 e. The van der Waals surface area contributed by atoms with Gasteiger partial charge in [0.2, 0.25) is 0 Å². The minimum absolute atomic E-state index is 0.000787. The van der Waals surface area contributed by atoms with Crippen molar-refractivity contribution in [2.75, 3.05) is 0 Å². The molecule has 2 aliphatic carbocycles. The molecule has 2 rings (SSSR count). The van der Waals surface area contributed by atoms with Crippen LogP contribution in [0.1, 0.15) is 77.6 Å². The fourth-order valence-corrected chi connectivity index (χ4v) is 3.96. The molecule has 0 aromatic heterocycles. The zero-order valence-electron chi connectivity index (χ0n) is 11.5. The van der Waals surface area contributed by atoms with Crippen molar-refractivity contribution in [3.8, 4) is 0 Å². The summed E-state index contributed by atoms with van der Waals surface area (Å²) < 4.78 is 0. The lowest BCUT2D eigenvalue weighted by molar-refractivity contribution is 0.0492. The van der Waals surface area contributed by atoms with Crippen molar-refractivity contribution in [1.29, 1.82) is 0 Å². The second kappa shape index (κ2) is 6.78. The molecular formula is C16H30O. The summed E-state index contributed by atoms with van der Waals surface area (Å²) in [5.41, 5.74) is 0. The fourth-order valence-electron chi connectivity index (χ4n) is 3.96. The van der Waals surface area contributed by atoms with Gasteiger partial charge in [-0.15, -0.1) is 0 Å². The first-order valence-electron chi connectivity index (χ1n) is 7.93. The number of hydrogen-bond acceptors (Lipinski definition) is 1. The maximum Gasteiger partial charge on any atom is 0.0571 e. The van der Waals surface area contributed by atoms with Crippen LogP contribution in [0.5, 0.6) is 0 Å². The van der Waals surface area contributed by atoms with E-state index >= 15 is 0 Å². The van der Waals surface area contributed by atoms with Crippen LogP contribution in [0.2, 0.25) is 0 Å². The maximum atomic E-state index is 10.4. The molecule has 100 valence electrons. The van der Waals surface area contributed by atoms with Gasteiger partial charge in [0.05, 0.1) is 6.10 Å². The van der Waals surface area contributed by atoms with Gasteiger partial charge in [0, 0.05) is 0 Å². The number of rotatable bonds is 3. The van der Waals surface area contributed by atoms with Crippen LogP contribution in [0.3, 0.4) is 0 Å². The van der Waals surface area contributed by atoms with Gasteiger partial charge < -0.3 is 5.11 Å². The highest BCUT2D eigenvalue weighted by atomic mass is 16.3. The summed E-state index contributed by atoms with van der Waals surface area (Å²) in [6.45, 7) is 2.35. The Balaban J connectivity index is 1.76. The van der Waals surface area contributed by atoms with Crippen molar-refractivity contribution >= 4 is 0 Å². The highest BCUT2D eigenvalue weighted by Gasteiger charge is 2.27. The second-order valence-corrected chi connectivity index (χ2v) is 6.69. The van der Waals surface area contributed by atoms with Crippen molar-refractivity contribution < 1.29 is 5.11 Å². The predicted molar refractivity (Wildman–Crippen MR) is 72.9 cm³/mol. The van der Waals surface area contributed by atoms with E-state index in [1.165, 1.54) is 64.2 Å². The van der Waals surface area contributed by atoms with E-state index in [2.05, 4.69) is 6.92 Å². The summed E-state index contributed by atoms with van der Waals surface area (Å²) in [7, 11) is 0. The number of hydrogen-bond donors (Lipinski definition) is 1. The third-order valence-electron chi connectivity index (χ3n) is 5.07. The van der Waals surface area contributed by atoms with Crippen LogP contribution in [0.25, 0.3) is 0 Å². The number of aliphatic hydroxyl groups is 1. The van der Waals surface area contributed by atoms with Crippen LogP contribution in [-0.2, 0) is 0 Å². The molecule has 0 spiro atoms. The Labute approximate surface area is 107 Å². The topological polar surface area (TPSA) is 20.2 Å². The smallest absolute Gasteiger partial charge is 0.0571 e. The van der Waals surface area contributed by atoms with E-state index in [1.54, 1.807) is 0 Å². The monoisotopic (exact) mass is 238 g/mol. The van der Waals surface area contributed by atoms with Gasteiger partial charge in [0.25, 0.3) is 0 Å². The van der Waals surface area contributed by atoms with Crippen LogP contribution < -0.4 is 0 Å². The molecular weight excluding hydrogens is 208 g/mol. The molecule has 0 bridgehead atoms. The molecule has 17 heavy (non-hydrogen) atoms. The van der Waals surface area contributed by atoms with Crippen molar-refractivity contribution in [3.63, 3.8) is 0 Å². The van der Waals surface area contributed by atoms with Crippen LogP contribution in [0.15, 0.2) is 0 Å². The summed E-state index contributed by atoms with van der Waals surface area (Å²) in [6, 6.07) is 0. The summed E-state index contributed by atoms with van der Waals surface area (Å²) in [6.07, 6.45) is 14.8. The van der Waals surface area contributed by atoms with Crippen LogP contribution >= 0.6 is 0 Å². The Morgan fingerprint density at radius 2 is 1.65 bits per heavy atom. The molecule has 0 saturated heterocycles. The Morgan fingerprint density at radius 1 is 0.941 bits per heavy atom. The first kappa shape index (κ1) is 13.4. The molecule has 1 N–H and O–H groups in total. The quantitative estimate of drug-likeness (QED) is 0.716.